The lowest BCUT2D eigenvalue weighted by Crippen LogP contribution is -2.46. The van der Waals surface area contributed by atoms with Crippen LogP contribution in [0, 0.1) is 5.92 Å². The van der Waals surface area contributed by atoms with E-state index in [1.807, 2.05) is 0 Å². The van der Waals surface area contributed by atoms with Crippen molar-refractivity contribution < 1.29 is 9.21 Å². The lowest BCUT2D eigenvalue weighted by Gasteiger charge is -2.45. The number of carbonyl (C=O) groups excluding carboxylic acids is 1. The highest BCUT2D eigenvalue weighted by atomic mass is 35.5. The molecule has 1 aromatic carbocycles. The van der Waals surface area contributed by atoms with Crippen LogP contribution in [-0.2, 0) is 0 Å². The summed E-state index contributed by atoms with van der Waals surface area (Å²) in [4.78, 5) is 18.6. The Morgan fingerprint density at radius 3 is 2.73 bits per heavy atom. The van der Waals surface area contributed by atoms with Crippen molar-refractivity contribution in [2.45, 2.75) is 18.8 Å². The molecule has 1 aromatic heterocycles. The molecule has 3 aliphatic rings. The zero-order valence-electron chi connectivity index (χ0n) is 12.0. The predicted octanol–water partition coefficient (Wildman–Crippen LogP) is 1.97. The van der Waals surface area contributed by atoms with Crippen LogP contribution in [0.15, 0.2) is 10.5 Å². The third-order valence-electron chi connectivity index (χ3n) is 4.96. The second kappa shape index (κ2) is 4.86. The molecule has 3 saturated heterocycles. The molecule has 4 N–H and O–H groups in total. The van der Waals surface area contributed by atoms with E-state index in [1.54, 1.807) is 6.07 Å². The van der Waals surface area contributed by atoms with E-state index in [4.69, 9.17) is 27.5 Å². The Hall–Kier alpha value is -1.79. The summed E-state index contributed by atoms with van der Waals surface area (Å²) in [6, 6.07) is 1.71. The van der Waals surface area contributed by atoms with Gasteiger partial charge in [0.1, 0.15) is 5.52 Å². The Balaban J connectivity index is 1.94. The summed E-state index contributed by atoms with van der Waals surface area (Å²) < 4.78 is 5.31. The standard InChI is InChI=1S/C15H17ClN4O2/c16-9-5-10-13(19-15(18)22-10)12(14(17)21)11(9)8-6-20-3-1-7(8)2-4-20/h5,7-8H,1-4,6H2,(H2,17,21)(H2,18,19). The van der Waals surface area contributed by atoms with Gasteiger partial charge in [0.2, 0.25) is 0 Å². The van der Waals surface area contributed by atoms with Gasteiger partial charge in [-0.2, -0.15) is 4.98 Å². The highest BCUT2D eigenvalue weighted by molar-refractivity contribution is 6.33. The maximum atomic E-state index is 12.1. The van der Waals surface area contributed by atoms with E-state index in [0.29, 0.717) is 27.6 Å². The average Bonchev–Trinajstić information content (AvgIpc) is 2.86. The van der Waals surface area contributed by atoms with Gasteiger partial charge in [0.15, 0.2) is 5.58 Å². The number of primary amides is 1. The number of hydrogen-bond acceptors (Lipinski definition) is 5. The molecule has 22 heavy (non-hydrogen) atoms. The summed E-state index contributed by atoms with van der Waals surface area (Å²) in [6.45, 7) is 3.14. The normalized spacial score (nSPS) is 27.4. The van der Waals surface area contributed by atoms with Crippen LogP contribution < -0.4 is 11.5 Å². The molecule has 0 radical (unpaired) electrons. The monoisotopic (exact) mass is 320 g/mol. The number of piperidine rings is 3. The Bertz CT molecular complexity index is 764. The van der Waals surface area contributed by atoms with Gasteiger partial charge in [0, 0.05) is 23.6 Å². The van der Waals surface area contributed by atoms with E-state index < -0.39 is 5.91 Å². The molecule has 5 rings (SSSR count). The van der Waals surface area contributed by atoms with Crippen molar-refractivity contribution in [3.05, 3.63) is 22.2 Å². The molecule has 1 amide bonds. The number of aromatic nitrogens is 1. The lowest BCUT2D eigenvalue weighted by molar-refractivity contribution is 0.0857. The predicted molar refractivity (Wildman–Crippen MR) is 83.9 cm³/mol. The molecule has 0 spiro atoms. The second-order valence-electron chi connectivity index (χ2n) is 6.15. The Morgan fingerprint density at radius 1 is 1.41 bits per heavy atom. The molecule has 3 fully saturated rings. The van der Waals surface area contributed by atoms with Crippen LogP contribution in [0.4, 0.5) is 6.01 Å². The van der Waals surface area contributed by atoms with E-state index in [1.165, 1.54) is 0 Å². The fraction of sp³-hybridized carbons (Fsp3) is 0.467. The zero-order chi connectivity index (χ0) is 15.4. The zero-order valence-corrected chi connectivity index (χ0v) is 12.8. The number of carbonyl (C=O) groups is 1. The first kappa shape index (κ1) is 13.8. The maximum absolute atomic E-state index is 12.1. The van der Waals surface area contributed by atoms with Gasteiger partial charge in [0.25, 0.3) is 11.9 Å². The number of nitrogens with two attached hydrogens (primary N) is 2. The fourth-order valence-corrected chi connectivity index (χ4v) is 4.30. The Kier molecular flexibility index (Phi) is 3.06. The van der Waals surface area contributed by atoms with Gasteiger partial charge in [-0.1, -0.05) is 11.6 Å². The number of oxazole rings is 1. The number of fused-ring (bicyclic) bond motifs is 4. The molecular formula is C15H17ClN4O2. The summed E-state index contributed by atoms with van der Waals surface area (Å²) in [5.41, 5.74) is 13.2. The van der Waals surface area contributed by atoms with E-state index in [2.05, 4.69) is 9.88 Å². The molecule has 0 aliphatic carbocycles. The van der Waals surface area contributed by atoms with E-state index in [-0.39, 0.29) is 11.9 Å². The van der Waals surface area contributed by atoms with Crippen LogP contribution in [0.3, 0.4) is 0 Å². The number of hydrogen-bond donors (Lipinski definition) is 2. The number of rotatable bonds is 2. The van der Waals surface area contributed by atoms with Crippen LogP contribution in [0.2, 0.25) is 5.02 Å². The molecular weight excluding hydrogens is 304 g/mol. The lowest BCUT2D eigenvalue weighted by atomic mass is 9.74. The van der Waals surface area contributed by atoms with Crippen LogP contribution in [0.25, 0.3) is 11.1 Å². The van der Waals surface area contributed by atoms with Gasteiger partial charge in [0.05, 0.1) is 5.56 Å². The molecule has 1 unspecified atom stereocenters. The number of nitrogen functional groups attached to an aromatic ring is 1. The number of halogens is 1. The van der Waals surface area contributed by atoms with Crippen molar-refractivity contribution in [1.82, 2.24) is 9.88 Å². The third-order valence-corrected chi connectivity index (χ3v) is 5.28. The van der Waals surface area contributed by atoms with Crippen molar-refractivity contribution in [3.63, 3.8) is 0 Å². The Labute approximate surface area is 132 Å². The maximum Gasteiger partial charge on any atom is 0.293 e. The Morgan fingerprint density at radius 2 is 2.14 bits per heavy atom. The number of nitrogens with zero attached hydrogens (tertiary/aromatic N) is 2. The minimum Gasteiger partial charge on any atom is -0.424 e. The largest absolute Gasteiger partial charge is 0.424 e. The van der Waals surface area contributed by atoms with Crippen molar-refractivity contribution in [2.24, 2.45) is 11.7 Å². The van der Waals surface area contributed by atoms with E-state index in [9.17, 15) is 4.79 Å². The summed E-state index contributed by atoms with van der Waals surface area (Å²) in [6.07, 6.45) is 2.25. The molecule has 2 aromatic rings. The van der Waals surface area contributed by atoms with Gasteiger partial charge in [-0.25, -0.2) is 0 Å². The van der Waals surface area contributed by atoms with E-state index in [0.717, 1.165) is 38.0 Å². The highest BCUT2D eigenvalue weighted by Crippen LogP contribution is 2.44. The smallest absolute Gasteiger partial charge is 0.293 e. The summed E-state index contributed by atoms with van der Waals surface area (Å²) in [5, 5.41) is 0.510. The number of amides is 1. The third kappa shape index (κ3) is 1.98. The van der Waals surface area contributed by atoms with Crippen molar-refractivity contribution in [1.29, 1.82) is 0 Å². The summed E-state index contributed by atoms with van der Waals surface area (Å²) in [7, 11) is 0. The van der Waals surface area contributed by atoms with Gasteiger partial charge in [-0.05, 0) is 37.4 Å². The quantitative estimate of drug-likeness (QED) is 0.881. The van der Waals surface area contributed by atoms with E-state index >= 15 is 0 Å². The van der Waals surface area contributed by atoms with Gasteiger partial charge in [-0.3, -0.25) is 4.79 Å². The topological polar surface area (TPSA) is 98.4 Å². The molecule has 7 heteroatoms. The van der Waals surface area contributed by atoms with Crippen LogP contribution >= 0.6 is 11.6 Å². The SMILES string of the molecule is NC(=O)c1c(C2CN3CCC2CC3)c(Cl)cc2oc(N)nc12. The van der Waals surface area contributed by atoms with Crippen LogP contribution in [0.1, 0.15) is 34.7 Å². The summed E-state index contributed by atoms with van der Waals surface area (Å²) in [5.74, 6) is 0.203. The average molecular weight is 321 g/mol. The first-order valence-electron chi connectivity index (χ1n) is 7.45. The fourth-order valence-electron chi connectivity index (χ4n) is 3.97. The van der Waals surface area contributed by atoms with Crippen molar-refractivity contribution in [3.8, 4) is 0 Å². The van der Waals surface area contributed by atoms with Crippen LogP contribution in [-0.4, -0.2) is 35.4 Å². The minimum absolute atomic E-state index is 0.0135. The number of benzene rings is 1. The first-order chi connectivity index (χ1) is 10.5. The second-order valence-corrected chi connectivity index (χ2v) is 6.56. The van der Waals surface area contributed by atoms with Gasteiger partial charge < -0.3 is 20.8 Å². The molecule has 6 nitrogen and oxygen atoms in total. The molecule has 3 aliphatic heterocycles. The molecule has 0 saturated carbocycles. The summed E-state index contributed by atoms with van der Waals surface area (Å²) >= 11 is 6.48. The van der Waals surface area contributed by atoms with Crippen molar-refractivity contribution >= 4 is 34.6 Å². The van der Waals surface area contributed by atoms with Crippen molar-refractivity contribution in [2.75, 3.05) is 25.4 Å². The van der Waals surface area contributed by atoms with Gasteiger partial charge >= 0.3 is 0 Å². The number of anilines is 1. The minimum atomic E-state index is -0.535. The molecule has 116 valence electrons. The first-order valence-corrected chi connectivity index (χ1v) is 7.83. The van der Waals surface area contributed by atoms with Crippen LogP contribution in [0.5, 0.6) is 0 Å². The van der Waals surface area contributed by atoms with Gasteiger partial charge in [-0.15, -0.1) is 0 Å². The highest BCUT2D eigenvalue weighted by Gasteiger charge is 2.38. The molecule has 4 heterocycles. The molecule has 1 atom stereocenters. The molecule has 2 bridgehead atoms.